The van der Waals surface area contributed by atoms with Gasteiger partial charge in [0.1, 0.15) is 23.4 Å². The number of nitriles is 1. The minimum Gasteiger partial charge on any atom is -0.462 e. The van der Waals surface area contributed by atoms with Crippen LogP contribution in [-0.2, 0) is 38.1 Å². The zero-order valence-electron chi connectivity index (χ0n) is 46.1. The number of fused-ring (bicyclic) bond motifs is 2. The first kappa shape index (κ1) is 63.0. The fraction of sp³-hybridized carbons (Fsp3) is 0.911. The van der Waals surface area contributed by atoms with Crippen molar-refractivity contribution in [2.75, 3.05) is 0 Å². The molecule has 9 atom stereocenters. The molecule has 8 fully saturated rings. The summed E-state index contributed by atoms with van der Waals surface area (Å²) in [6.07, 6.45) is -29.2. The molecule has 0 aromatic rings. The number of carbonyl (C=O) groups excluding carboxylic acids is 4. The molecule has 0 heterocycles. The molecule has 0 spiro atoms. The predicted molar refractivity (Wildman–Crippen MR) is 256 cm³/mol. The topological polar surface area (TPSA) is 169 Å². The molecule has 8 saturated carbocycles. The van der Waals surface area contributed by atoms with E-state index in [9.17, 15) is 77.7 Å². The minimum absolute atomic E-state index is 0.109. The van der Waals surface area contributed by atoms with Gasteiger partial charge in [0, 0.05) is 17.8 Å². The lowest BCUT2D eigenvalue weighted by Gasteiger charge is -2.59. The Kier molecular flexibility index (Phi) is 16.7. The van der Waals surface area contributed by atoms with E-state index in [0.29, 0.717) is 43.9 Å². The Morgan fingerprint density at radius 3 is 1.42 bits per heavy atom. The molecule has 2 N–H and O–H groups in total. The van der Waals surface area contributed by atoms with Gasteiger partial charge in [-0.15, -0.1) is 0 Å². The molecule has 0 radical (unpaired) electrons. The standard InChI is InChI=1S/C56H77F12NO10/c1-9-46(5,43(72)78-49(8)35-16-30-15-31(18-35)19-36(49)17-30)28-48(7,44(73)79-50(10-2)13-11-12-14-50)29-47(6,42(71)77-40-22-32-20-33(40)21-34(32)26-69)27-45(3,4)41(70)76-39-24-37(51(74,53(57,58)59)54(60,61)62)23-38(25-39)52(75,55(63,64)65)56(66,67)68/h30-40,74-75H,9-25,27-29H2,1-8H3. The summed E-state index contributed by atoms with van der Waals surface area (Å²) in [5.74, 6) is -10.7. The van der Waals surface area contributed by atoms with Gasteiger partial charge in [0.15, 0.2) is 0 Å². The number of alkyl halides is 12. The van der Waals surface area contributed by atoms with Crippen molar-refractivity contribution in [2.24, 2.45) is 74.9 Å². The molecule has 0 aromatic carbocycles. The van der Waals surface area contributed by atoms with Gasteiger partial charge in [0.25, 0.3) is 11.2 Å². The second-order valence-electron chi connectivity index (χ2n) is 27.0. The van der Waals surface area contributed by atoms with Gasteiger partial charge in [-0.2, -0.15) is 57.9 Å². The molecule has 23 heteroatoms. The molecule has 450 valence electrons. The Morgan fingerprint density at radius 2 is 1.00 bits per heavy atom. The quantitative estimate of drug-likeness (QED) is 0.0761. The Balaban J connectivity index is 1.26. The molecular weight excluding hydrogens is 1070 g/mol. The van der Waals surface area contributed by atoms with E-state index in [2.05, 4.69) is 6.07 Å². The normalized spacial score (nSPS) is 34.2. The third kappa shape index (κ3) is 11.4. The number of nitrogens with zero attached hydrogens (tertiary/aromatic N) is 1. The first-order valence-corrected chi connectivity index (χ1v) is 28.0. The maximum atomic E-state index is 15.3. The number of esters is 4. The van der Waals surface area contributed by atoms with E-state index >= 15 is 9.59 Å². The minimum atomic E-state index is -6.77. The number of rotatable bonds is 18. The van der Waals surface area contributed by atoms with E-state index in [1.54, 1.807) is 13.8 Å². The first-order chi connectivity index (χ1) is 36.0. The molecular formula is C56H77F12NO10. The fourth-order valence-electron chi connectivity index (χ4n) is 16.4. The first-order valence-electron chi connectivity index (χ1n) is 28.0. The van der Waals surface area contributed by atoms with Crippen molar-refractivity contribution in [1.29, 1.82) is 5.26 Å². The van der Waals surface area contributed by atoms with Crippen molar-refractivity contribution in [3.05, 3.63) is 0 Å². The lowest BCUT2D eigenvalue weighted by molar-refractivity contribution is -0.405. The molecule has 0 saturated heterocycles. The van der Waals surface area contributed by atoms with Crippen LogP contribution in [0, 0.1) is 86.3 Å². The highest BCUT2D eigenvalue weighted by Crippen LogP contribution is 2.62. The Hall–Kier alpha value is -3.55. The predicted octanol–water partition coefficient (Wildman–Crippen LogP) is 13.2. The van der Waals surface area contributed by atoms with Crippen LogP contribution in [0.3, 0.4) is 0 Å². The Labute approximate surface area is 453 Å². The summed E-state index contributed by atoms with van der Waals surface area (Å²) in [7, 11) is 0. The molecule has 0 amide bonds. The second-order valence-corrected chi connectivity index (χ2v) is 27.0. The van der Waals surface area contributed by atoms with Gasteiger partial charge in [0.2, 0.25) is 0 Å². The SMILES string of the molecule is CCC1(OC(=O)C(C)(CC(C)(CC(C)(C)C(=O)OC2CC(C(O)(C(F)(F)F)C(F)(F)F)CC(C(O)(C(F)(F)F)C(F)(F)F)C2)C(=O)OC2CC3CC2CC3C#N)CC(C)(CC)C(=O)OC2(C)C3CC4CC(C3)CC2C4)CCCC1. The summed E-state index contributed by atoms with van der Waals surface area (Å²) < 4.78 is 197. The van der Waals surface area contributed by atoms with Crippen molar-refractivity contribution in [1.82, 2.24) is 0 Å². The van der Waals surface area contributed by atoms with Crippen molar-refractivity contribution in [3.63, 3.8) is 0 Å². The summed E-state index contributed by atoms with van der Waals surface area (Å²) in [4.78, 5) is 60.1. The van der Waals surface area contributed by atoms with Gasteiger partial charge in [-0.25, -0.2) is 0 Å². The highest BCUT2D eigenvalue weighted by Gasteiger charge is 2.79. The molecule has 9 unspecified atom stereocenters. The highest BCUT2D eigenvalue weighted by molar-refractivity contribution is 5.84. The van der Waals surface area contributed by atoms with E-state index in [0.717, 1.165) is 58.8 Å². The van der Waals surface area contributed by atoms with Crippen LogP contribution in [0.15, 0.2) is 0 Å². The van der Waals surface area contributed by atoms with Gasteiger partial charge in [-0.05, 0) is 205 Å². The van der Waals surface area contributed by atoms with E-state index in [1.165, 1.54) is 13.8 Å². The lowest BCUT2D eigenvalue weighted by atomic mass is 9.50. The number of hydrogen-bond donors (Lipinski definition) is 2. The summed E-state index contributed by atoms with van der Waals surface area (Å²) in [5, 5.41) is 30.5. The maximum absolute atomic E-state index is 15.3. The molecule has 8 aliphatic carbocycles. The molecule has 8 aliphatic rings. The number of carbonyl (C=O) groups is 4. The zero-order chi connectivity index (χ0) is 59.3. The van der Waals surface area contributed by atoms with Crippen molar-refractivity contribution >= 4 is 23.9 Å². The molecule has 6 bridgehead atoms. The van der Waals surface area contributed by atoms with Gasteiger partial charge in [-0.3, -0.25) is 19.2 Å². The fourth-order valence-corrected chi connectivity index (χ4v) is 16.4. The smallest absolute Gasteiger partial charge is 0.426 e. The van der Waals surface area contributed by atoms with Crippen LogP contribution in [0.2, 0.25) is 0 Å². The van der Waals surface area contributed by atoms with E-state index < -0.39 is 149 Å². The summed E-state index contributed by atoms with van der Waals surface area (Å²) in [6, 6.07) is 2.26. The average Bonchev–Trinajstić information content (AvgIpc) is 4.25. The van der Waals surface area contributed by atoms with E-state index in [1.807, 2.05) is 13.8 Å². The van der Waals surface area contributed by atoms with Crippen LogP contribution >= 0.6 is 0 Å². The number of ether oxygens (including phenoxy) is 4. The third-order valence-corrected chi connectivity index (χ3v) is 20.8. The summed E-state index contributed by atoms with van der Waals surface area (Å²) in [5.41, 5.74) is -21.3. The monoisotopic (exact) mass is 1150 g/mol. The molecule has 0 aliphatic heterocycles. The van der Waals surface area contributed by atoms with Crippen molar-refractivity contribution in [2.45, 2.75) is 243 Å². The number of aliphatic hydroxyl groups is 2. The summed E-state index contributed by atoms with van der Waals surface area (Å²) >= 11 is 0. The molecule has 0 aromatic heterocycles. The van der Waals surface area contributed by atoms with Gasteiger partial charge >= 0.3 is 48.6 Å². The molecule has 11 nitrogen and oxygen atoms in total. The molecule has 8 rings (SSSR count). The van der Waals surface area contributed by atoms with E-state index in [-0.39, 0.29) is 48.9 Å². The largest absolute Gasteiger partial charge is 0.462 e. The average molecular weight is 1150 g/mol. The van der Waals surface area contributed by atoms with Crippen LogP contribution in [0.4, 0.5) is 52.7 Å². The highest BCUT2D eigenvalue weighted by atomic mass is 19.4. The van der Waals surface area contributed by atoms with Crippen molar-refractivity contribution < 1.29 is 101 Å². The molecule has 79 heavy (non-hydrogen) atoms. The second kappa shape index (κ2) is 21.0. The van der Waals surface area contributed by atoms with Crippen molar-refractivity contribution in [3.8, 4) is 6.07 Å². The van der Waals surface area contributed by atoms with Crippen LogP contribution in [0.25, 0.3) is 0 Å². The van der Waals surface area contributed by atoms with Crippen LogP contribution in [-0.4, -0.2) is 93.4 Å². The van der Waals surface area contributed by atoms with Crippen LogP contribution in [0.5, 0.6) is 0 Å². The van der Waals surface area contributed by atoms with E-state index in [4.69, 9.17) is 18.9 Å². The zero-order valence-corrected chi connectivity index (χ0v) is 46.1. The van der Waals surface area contributed by atoms with Gasteiger partial charge in [0.05, 0.1) is 27.7 Å². The van der Waals surface area contributed by atoms with Gasteiger partial charge in [-0.1, -0.05) is 13.8 Å². The van der Waals surface area contributed by atoms with Crippen LogP contribution in [0.1, 0.15) is 184 Å². The lowest BCUT2D eigenvalue weighted by Crippen LogP contribution is -2.67. The third-order valence-electron chi connectivity index (χ3n) is 20.8. The van der Waals surface area contributed by atoms with Crippen LogP contribution < -0.4 is 0 Å². The maximum Gasteiger partial charge on any atom is 0.426 e. The number of halogens is 12. The number of hydrogen-bond acceptors (Lipinski definition) is 11. The van der Waals surface area contributed by atoms with Gasteiger partial charge < -0.3 is 29.2 Å². The summed E-state index contributed by atoms with van der Waals surface area (Å²) in [6.45, 7) is 12.2. The Morgan fingerprint density at radius 1 is 0.544 bits per heavy atom. The Bertz CT molecular complexity index is 2240.